The molecule has 4 rings (SSSR count). The van der Waals surface area contributed by atoms with Crippen LogP contribution in [0.15, 0.2) is 53.5 Å². The molecule has 0 bridgehead atoms. The molecule has 0 saturated carbocycles. The highest BCUT2D eigenvalue weighted by molar-refractivity contribution is 5.87. The van der Waals surface area contributed by atoms with E-state index in [2.05, 4.69) is 49.4 Å². The highest BCUT2D eigenvalue weighted by atomic mass is 16.1. The van der Waals surface area contributed by atoms with Crippen LogP contribution in [0.1, 0.15) is 19.4 Å². The van der Waals surface area contributed by atoms with E-state index in [1.54, 1.807) is 0 Å². The lowest BCUT2D eigenvalue weighted by molar-refractivity contribution is 0.671. The fourth-order valence-corrected chi connectivity index (χ4v) is 3.80. The molecule has 0 fully saturated rings. The molecule has 0 N–H and O–H groups in total. The van der Waals surface area contributed by atoms with E-state index in [-0.39, 0.29) is 5.69 Å². The lowest BCUT2D eigenvalue weighted by Gasteiger charge is -2.06. The second kappa shape index (κ2) is 6.58. The van der Waals surface area contributed by atoms with Crippen molar-refractivity contribution in [1.29, 1.82) is 0 Å². The third kappa shape index (κ3) is 2.79. The van der Waals surface area contributed by atoms with Crippen LogP contribution in [0.2, 0.25) is 0 Å². The van der Waals surface area contributed by atoms with Gasteiger partial charge in [-0.05, 0) is 44.5 Å². The second-order valence-corrected chi connectivity index (χ2v) is 6.91. The van der Waals surface area contributed by atoms with Gasteiger partial charge in [-0.15, -0.1) is 0 Å². The van der Waals surface area contributed by atoms with Gasteiger partial charge in [0.15, 0.2) is 0 Å². The molecule has 138 valence electrons. The van der Waals surface area contributed by atoms with Crippen molar-refractivity contribution in [3.8, 4) is 22.4 Å². The van der Waals surface area contributed by atoms with Gasteiger partial charge >= 0.3 is 5.69 Å². The van der Waals surface area contributed by atoms with Gasteiger partial charge in [0.05, 0.1) is 11.0 Å². The van der Waals surface area contributed by atoms with Crippen molar-refractivity contribution in [3.05, 3.63) is 64.7 Å². The van der Waals surface area contributed by atoms with Gasteiger partial charge in [-0.25, -0.2) is 4.79 Å². The van der Waals surface area contributed by atoms with Gasteiger partial charge in [-0.1, -0.05) is 29.8 Å². The average molecular weight is 360 g/mol. The number of hydrogen-bond acceptors (Lipinski definition) is 2. The quantitative estimate of drug-likeness (QED) is 0.547. The first-order chi connectivity index (χ1) is 13.0. The molecule has 0 aliphatic carbocycles. The number of hydrogen-bond donors (Lipinski definition) is 0. The monoisotopic (exact) mass is 360 g/mol. The van der Waals surface area contributed by atoms with Gasteiger partial charge in [0.2, 0.25) is 0 Å². The van der Waals surface area contributed by atoms with E-state index in [0.29, 0.717) is 13.1 Å². The Morgan fingerprint density at radius 3 is 2.37 bits per heavy atom. The Labute approximate surface area is 158 Å². The molecule has 0 saturated heterocycles. The molecule has 2 aromatic carbocycles. The van der Waals surface area contributed by atoms with Crippen LogP contribution in [-0.4, -0.2) is 18.9 Å². The maximum atomic E-state index is 12.6. The summed E-state index contributed by atoms with van der Waals surface area (Å²) >= 11 is 0. The molecule has 0 atom stereocenters. The van der Waals surface area contributed by atoms with Crippen molar-refractivity contribution < 1.29 is 0 Å². The number of aryl methyl sites for hydroxylation is 4. The summed E-state index contributed by atoms with van der Waals surface area (Å²) in [5.41, 5.74) is 7.42. The second-order valence-electron chi connectivity index (χ2n) is 6.91. The van der Waals surface area contributed by atoms with E-state index < -0.39 is 0 Å². The minimum atomic E-state index is 0.0530. The normalized spacial score (nSPS) is 11.4. The Hall–Kier alpha value is -3.08. The molecule has 4 aromatic rings. The van der Waals surface area contributed by atoms with Crippen LogP contribution < -0.4 is 5.69 Å². The van der Waals surface area contributed by atoms with Gasteiger partial charge in [-0.3, -0.25) is 13.8 Å². The SMILES string of the molecule is CCn1c(=O)n(CC)c2cc(-c3cn(C)nc3-c3cccc(C)c3)ccc21. The van der Waals surface area contributed by atoms with Crippen molar-refractivity contribution in [2.24, 2.45) is 7.05 Å². The Bertz CT molecular complexity index is 1190. The summed E-state index contributed by atoms with van der Waals surface area (Å²) in [5.74, 6) is 0. The molecule has 0 aliphatic heterocycles. The summed E-state index contributed by atoms with van der Waals surface area (Å²) < 4.78 is 5.51. The van der Waals surface area contributed by atoms with Crippen molar-refractivity contribution >= 4 is 11.0 Å². The smallest absolute Gasteiger partial charge is 0.292 e. The maximum absolute atomic E-state index is 12.6. The zero-order valence-corrected chi connectivity index (χ0v) is 16.2. The van der Waals surface area contributed by atoms with E-state index in [1.165, 1.54) is 5.56 Å². The fourth-order valence-electron chi connectivity index (χ4n) is 3.80. The number of benzene rings is 2. The van der Waals surface area contributed by atoms with Gasteiger partial charge in [0.1, 0.15) is 5.69 Å². The summed E-state index contributed by atoms with van der Waals surface area (Å²) in [6.07, 6.45) is 2.05. The Morgan fingerprint density at radius 1 is 0.926 bits per heavy atom. The largest absolute Gasteiger partial charge is 0.329 e. The topological polar surface area (TPSA) is 44.8 Å². The minimum Gasteiger partial charge on any atom is -0.292 e. The molecule has 5 heteroatoms. The predicted octanol–water partition coefficient (Wildman–Crippen LogP) is 4.22. The summed E-state index contributed by atoms with van der Waals surface area (Å²) in [5, 5.41) is 4.70. The van der Waals surface area contributed by atoms with Crippen LogP contribution in [0.3, 0.4) is 0 Å². The van der Waals surface area contributed by atoms with E-state index >= 15 is 0 Å². The van der Waals surface area contributed by atoms with Crippen LogP contribution in [0, 0.1) is 6.92 Å². The zero-order chi connectivity index (χ0) is 19.1. The Morgan fingerprint density at radius 2 is 1.67 bits per heavy atom. The molecule has 2 heterocycles. The van der Waals surface area contributed by atoms with Crippen LogP contribution in [0.4, 0.5) is 0 Å². The molecule has 27 heavy (non-hydrogen) atoms. The summed E-state index contributed by atoms with van der Waals surface area (Å²) in [4.78, 5) is 12.6. The first kappa shape index (κ1) is 17.3. The minimum absolute atomic E-state index is 0.0530. The summed E-state index contributed by atoms with van der Waals surface area (Å²) in [6.45, 7) is 7.43. The van der Waals surface area contributed by atoms with Crippen LogP contribution >= 0.6 is 0 Å². The molecule has 0 unspecified atom stereocenters. The highest BCUT2D eigenvalue weighted by Crippen LogP contribution is 2.33. The number of fused-ring (bicyclic) bond motifs is 1. The molecule has 2 aromatic heterocycles. The first-order valence-corrected chi connectivity index (χ1v) is 9.37. The third-order valence-electron chi connectivity index (χ3n) is 5.08. The van der Waals surface area contributed by atoms with Crippen molar-refractivity contribution in [2.75, 3.05) is 0 Å². The Balaban J connectivity index is 1.95. The number of imidazole rings is 1. The first-order valence-electron chi connectivity index (χ1n) is 9.37. The predicted molar refractivity (Wildman–Crippen MR) is 110 cm³/mol. The van der Waals surface area contributed by atoms with Gasteiger partial charge in [0, 0.05) is 37.5 Å². The lowest BCUT2D eigenvalue weighted by atomic mass is 10.0. The van der Waals surface area contributed by atoms with Crippen LogP contribution in [-0.2, 0) is 20.1 Å². The van der Waals surface area contributed by atoms with Crippen LogP contribution in [0.25, 0.3) is 33.4 Å². The highest BCUT2D eigenvalue weighted by Gasteiger charge is 2.16. The molecule has 5 nitrogen and oxygen atoms in total. The van der Waals surface area contributed by atoms with E-state index in [9.17, 15) is 4.79 Å². The van der Waals surface area contributed by atoms with Crippen molar-refractivity contribution in [3.63, 3.8) is 0 Å². The summed E-state index contributed by atoms with van der Waals surface area (Å²) in [7, 11) is 1.94. The lowest BCUT2D eigenvalue weighted by Crippen LogP contribution is -2.22. The Kier molecular flexibility index (Phi) is 4.22. The molecular weight excluding hydrogens is 336 g/mol. The molecule has 0 spiro atoms. The standard InChI is InChI=1S/C22H24N4O/c1-5-25-19-11-10-16(13-20(19)26(6-2)22(25)27)18-14-24(4)23-21(18)17-9-7-8-15(3)12-17/h7-14H,5-6H2,1-4H3. The average Bonchev–Trinajstić information content (AvgIpc) is 3.17. The van der Waals surface area contributed by atoms with Gasteiger partial charge < -0.3 is 0 Å². The maximum Gasteiger partial charge on any atom is 0.329 e. The summed E-state index contributed by atoms with van der Waals surface area (Å²) in [6, 6.07) is 14.6. The van der Waals surface area contributed by atoms with E-state index in [0.717, 1.165) is 33.4 Å². The van der Waals surface area contributed by atoms with Crippen molar-refractivity contribution in [1.82, 2.24) is 18.9 Å². The van der Waals surface area contributed by atoms with Crippen molar-refractivity contribution in [2.45, 2.75) is 33.9 Å². The molecule has 0 aliphatic rings. The van der Waals surface area contributed by atoms with Gasteiger partial charge in [0.25, 0.3) is 0 Å². The fraction of sp³-hybridized carbons (Fsp3) is 0.273. The van der Waals surface area contributed by atoms with E-state index in [4.69, 9.17) is 5.10 Å². The zero-order valence-electron chi connectivity index (χ0n) is 16.2. The van der Waals surface area contributed by atoms with Gasteiger partial charge in [-0.2, -0.15) is 5.10 Å². The number of nitrogens with zero attached hydrogens (tertiary/aromatic N) is 4. The van der Waals surface area contributed by atoms with Crippen LogP contribution in [0.5, 0.6) is 0 Å². The third-order valence-corrected chi connectivity index (χ3v) is 5.08. The molecule has 0 radical (unpaired) electrons. The van der Waals surface area contributed by atoms with E-state index in [1.807, 2.05) is 40.9 Å². The molecule has 0 amide bonds. The number of rotatable bonds is 4. The molecular formula is C22H24N4O. The number of aromatic nitrogens is 4.